The molecule has 1 aromatic carbocycles. The first kappa shape index (κ1) is 25.0. The Hall–Kier alpha value is -2.04. The van der Waals surface area contributed by atoms with Gasteiger partial charge in [-0.25, -0.2) is 9.59 Å². The van der Waals surface area contributed by atoms with Crippen molar-refractivity contribution in [1.82, 2.24) is 4.90 Å². The molecule has 0 saturated carbocycles. The molecule has 0 amide bonds. The summed E-state index contributed by atoms with van der Waals surface area (Å²) in [4.78, 5) is 20.1. The van der Waals surface area contributed by atoms with Crippen molar-refractivity contribution >= 4 is 11.9 Å². The van der Waals surface area contributed by atoms with Crippen LogP contribution in [0, 0.1) is 0 Å². The molecule has 0 aromatic heterocycles. The van der Waals surface area contributed by atoms with Crippen molar-refractivity contribution in [3.8, 4) is 0 Å². The normalized spacial score (nSPS) is 14.0. The summed E-state index contributed by atoms with van der Waals surface area (Å²) in [6.45, 7) is 1.97. The van der Waals surface area contributed by atoms with Crippen molar-refractivity contribution in [3.63, 3.8) is 0 Å². The minimum atomic E-state index is -1.82. The van der Waals surface area contributed by atoms with Gasteiger partial charge in [-0.2, -0.15) is 0 Å². The number of aliphatic carboxylic acids is 2. The number of hydrogen-bond acceptors (Lipinski definition) is 7. The molecule has 27 heavy (non-hydrogen) atoms. The van der Waals surface area contributed by atoms with Gasteiger partial charge < -0.3 is 30.6 Å². The number of aliphatic hydroxyl groups excluding tert-OH is 4. The maximum absolute atomic E-state index is 9.61. The van der Waals surface area contributed by atoms with Gasteiger partial charge in [0.2, 0.25) is 0 Å². The summed E-state index contributed by atoms with van der Waals surface area (Å²) in [5.74, 6) is -3.65. The third kappa shape index (κ3) is 12.1. The van der Waals surface area contributed by atoms with E-state index in [0.717, 1.165) is 12.8 Å². The molecule has 0 saturated heterocycles. The molecule has 9 nitrogen and oxygen atoms in total. The standard InChI is InChI=1S/C16H27NO4.C2H2O4/c1-13(7-8-14-5-3-2-4-6-14)17(9-15(20)11-18)10-16(21)12-19;3-1(4)2(5)6/h2-6,13,15-16,18-21H,7-12H2,1H3;(H,3,4)(H,5,6). The summed E-state index contributed by atoms with van der Waals surface area (Å²) >= 11 is 0. The molecular weight excluding hydrogens is 358 g/mol. The largest absolute Gasteiger partial charge is 0.473 e. The quantitative estimate of drug-likeness (QED) is 0.282. The minimum Gasteiger partial charge on any atom is -0.473 e. The topological polar surface area (TPSA) is 159 Å². The number of aliphatic hydroxyl groups is 4. The molecule has 0 radical (unpaired) electrons. The first-order valence-electron chi connectivity index (χ1n) is 8.53. The Bertz CT molecular complexity index is 515. The first-order chi connectivity index (χ1) is 12.7. The van der Waals surface area contributed by atoms with Gasteiger partial charge in [0.05, 0.1) is 25.4 Å². The SMILES string of the molecule is CC(CCc1ccccc1)N(CC(O)CO)CC(O)CO.O=C(O)C(=O)O. The molecule has 3 atom stereocenters. The van der Waals surface area contributed by atoms with E-state index in [0.29, 0.717) is 0 Å². The van der Waals surface area contributed by atoms with E-state index in [1.807, 2.05) is 30.0 Å². The Morgan fingerprint density at radius 2 is 1.37 bits per heavy atom. The van der Waals surface area contributed by atoms with E-state index in [9.17, 15) is 10.2 Å². The Balaban J connectivity index is 0.000000972. The fourth-order valence-electron chi connectivity index (χ4n) is 2.29. The van der Waals surface area contributed by atoms with Gasteiger partial charge >= 0.3 is 11.9 Å². The van der Waals surface area contributed by atoms with Crippen LogP contribution in [0.3, 0.4) is 0 Å². The lowest BCUT2D eigenvalue weighted by atomic mass is 10.0. The molecule has 0 aliphatic carbocycles. The van der Waals surface area contributed by atoms with Crippen LogP contribution < -0.4 is 0 Å². The predicted molar refractivity (Wildman–Crippen MR) is 97.3 cm³/mol. The number of carboxylic acids is 2. The zero-order valence-electron chi connectivity index (χ0n) is 15.3. The van der Waals surface area contributed by atoms with Crippen LogP contribution in [-0.4, -0.2) is 92.0 Å². The van der Waals surface area contributed by atoms with Gasteiger partial charge in [0.25, 0.3) is 0 Å². The predicted octanol–water partition coefficient (Wildman–Crippen LogP) is -0.828. The average molecular weight is 387 g/mol. The molecule has 1 aromatic rings. The van der Waals surface area contributed by atoms with Gasteiger partial charge in [0.15, 0.2) is 0 Å². The Kier molecular flexibility index (Phi) is 13.0. The lowest BCUT2D eigenvalue weighted by Crippen LogP contribution is -2.45. The zero-order chi connectivity index (χ0) is 20.8. The van der Waals surface area contributed by atoms with Crippen LogP contribution in [0.5, 0.6) is 0 Å². The van der Waals surface area contributed by atoms with Gasteiger partial charge in [-0.05, 0) is 25.3 Å². The molecule has 0 fully saturated rings. The molecule has 9 heteroatoms. The molecule has 6 N–H and O–H groups in total. The molecule has 0 bridgehead atoms. The average Bonchev–Trinajstić information content (AvgIpc) is 2.66. The lowest BCUT2D eigenvalue weighted by Gasteiger charge is -2.32. The number of benzene rings is 1. The summed E-state index contributed by atoms with van der Waals surface area (Å²) in [6, 6.07) is 10.3. The van der Waals surface area contributed by atoms with E-state index in [1.54, 1.807) is 0 Å². The lowest BCUT2D eigenvalue weighted by molar-refractivity contribution is -0.159. The van der Waals surface area contributed by atoms with Crippen LogP contribution in [-0.2, 0) is 16.0 Å². The first-order valence-corrected chi connectivity index (χ1v) is 8.53. The number of carbonyl (C=O) groups is 2. The zero-order valence-corrected chi connectivity index (χ0v) is 15.3. The summed E-state index contributed by atoms with van der Waals surface area (Å²) in [7, 11) is 0. The third-order valence-corrected chi connectivity index (χ3v) is 3.81. The van der Waals surface area contributed by atoms with Crippen molar-refractivity contribution in [2.45, 2.75) is 38.0 Å². The molecule has 0 aliphatic heterocycles. The van der Waals surface area contributed by atoms with Crippen LogP contribution in [0.2, 0.25) is 0 Å². The van der Waals surface area contributed by atoms with Crippen molar-refractivity contribution in [2.24, 2.45) is 0 Å². The molecular formula is C18H29NO8. The van der Waals surface area contributed by atoms with Gasteiger partial charge in [0, 0.05) is 19.1 Å². The number of rotatable bonds is 10. The smallest absolute Gasteiger partial charge is 0.414 e. The molecule has 0 aliphatic rings. The molecule has 1 rings (SSSR count). The molecule has 3 unspecified atom stereocenters. The summed E-state index contributed by atoms with van der Waals surface area (Å²) < 4.78 is 0. The van der Waals surface area contributed by atoms with Crippen molar-refractivity contribution < 1.29 is 40.2 Å². The Morgan fingerprint density at radius 1 is 0.926 bits per heavy atom. The highest BCUT2D eigenvalue weighted by Gasteiger charge is 2.20. The van der Waals surface area contributed by atoms with Crippen LogP contribution in [0.4, 0.5) is 0 Å². The second-order valence-electron chi connectivity index (χ2n) is 6.11. The summed E-state index contributed by atoms with van der Waals surface area (Å²) in [6.07, 6.45) is 0.105. The third-order valence-electron chi connectivity index (χ3n) is 3.81. The Labute approximate surface area is 158 Å². The van der Waals surface area contributed by atoms with Crippen LogP contribution in [0.15, 0.2) is 30.3 Å². The van der Waals surface area contributed by atoms with Gasteiger partial charge in [-0.15, -0.1) is 0 Å². The van der Waals surface area contributed by atoms with Crippen LogP contribution >= 0.6 is 0 Å². The maximum atomic E-state index is 9.61. The van der Waals surface area contributed by atoms with Gasteiger partial charge in [0.1, 0.15) is 0 Å². The van der Waals surface area contributed by atoms with E-state index in [4.69, 9.17) is 30.0 Å². The van der Waals surface area contributed by atoms with E-state index in [2.05, 4.69) is 12.1 Å². The van der Waals surface area contributed by atoms with Crippen LogP contribution in [0.25, 0.3) is 0 Å². The van der Waals surface area contributed by atoms with E-state index >= 15 is 0 Å². The minimum absolute atomic E-state index is 0.132. The van der Waals surface area contributed by atoms with E-state index < -0.39 is 24.1 Å². The monoisotopic (exact) mass is 387 g/mol. The summed E-state index contributed by atoms with van der Waals surface area (Å²) in [5.41, 5.74) is 1.25. The number of hydrogen-bond donors (Lipinski definition) is 6. The molecule has 0 heterocycles. The van der Waals surface area contributed by atoms with Crippen LogP contribution in [0.1, 0.15) is 18.9 Å². The van der Waals surface area contributed by atoms with E-state index in [1.165, 1.54) is 5.56 Å². The fourth-order valence-corrected chi connectivity index (χ4v) is 2.29. The second-order valence-corrected chi connectivity index (χ2v) is 6.11. The summed E-state index contributed by atoms with van der Waals surface area (Å²) in [5, 5.41) is 52.0. The highest BCUT2D eigenvalue weighted by molar-refractivity contribution is 6.27. The highest BCUT2D eigenvalue weighted by atomic mass is 16.4. The second kappa shape index (κ2) is 14.1. The van der Waals surface area contributed by atoms with Gasteiger partial charge in [-0.3, -0.25) is 4.90 Å². The van der Waals surface area contributed by atoms with Crippen molar-refractivity contribution in [1.29, 1.82) is 0 Å². The maximum Gasteiger partial charge on any atom is 0.414 e. The van der Waals surface area contributed by atoms with E-state index in [-0.39, 0.29) is 32.3 Å². The molecule has 0 spiro atoms. The number of aryl methyl sites for hydroxylation is 1. The van der Waals surface area contributed by atoms with Crippen molar-refractivity contribution in [3.05, 3.63) is 35.9 Å². The fraction of sp³-hybridized carbons (Fsp3) is 0.556. The van der Waals surface area contributed by atoms with Gasteiger partial charge in [-0.1, -0.05) is 30.3 Å². The molecule has 154 valence electrons. The van der Waals surface area contributed by atoms with Crippen molar-refractivity contribution in [2.75, 3.05) is 26.3 Å². The highest BCUT2D eigenvalue weighted by Crippen LogP contribution is 2.11. The Morgan fingerprint density at radius 3 is 1.74 bits per heavy atom. The number of nitrogens with zero attached hydrogens (tertiary/aromatic N) is 1. The number of carboxylic acid groups (broad SMARTS) is 2.